The standard InChI is InChI=1S/C69H74BN3O2.C8H12O2.CH4O/c1-39-51-26-27-71(63(51)65(75)40(2)64(39)74)48-22-24-56-59(38-48)72(49-21-23-53-52-16-14-15-17-54(52)69(12,13)55(53)37-49)60-31-44(43-29-41-18-19-42(28-41)30-43)32-61-62(60)70(56)57-36-45(66(3,4)5)20-25-58(57)73(61)50-34-46(67(6,7)8)33-47(35-50)68(9,10)11;1-5(2)6(3)8(10)7(4)9;1-2/h14-17,20-25,29,31-38,42-43,74-75H,18-19,26-28,30H2,1-13H3;9-10H,1,4H2,2-3H3;2H,1H3/b;8-6+;. The third kappa shape index (κ3) is 10.3. The van der Waals surface area contributed by atoms with Gasteiger partial charge in [0.1, 0.15) is 17.3 Å². The zero-order chi connectivity index (χ0) is 62.9. The fourth-order valence-corrected chi connectivity index (χ4v) is 14.8. The Bertz CT molecular complexity index is 4010. The number of fused-ring (bicyclic) bond motifs is 10. The van der Waals surface area contributed by atoms with Crippen LogP contribution in [0, 0.1) is 19.8 Å². The highest BCUT2D eigenvalue weighted by atomic mass is 16.3. The van der Waals surface area contributed by atoms with Crippen molar-refractivity contribution in [3.05, 3.63) is 207 Å². The van der Waals surface area contributed by atoms with E-state index in [9.17, 15) is 10.2 Å². The van der Waals surface area contributed by atoms with E-state index in [0.29, 0.717) is 29.2 Å². The van der Waals surface area contributed by atoms with Gasteiger partial charge in [0.2, 0.25) is 0 Å². The quantitative estimate of drug-likeness (QED) is 0.0485. The Morgan fingerprint density at radius 1 is 0.609 bits per heavy atom. The summed E-state index contributed by atoms with van der Waals surface area (Å²) in [5.74, 6) is 0.879. The number of aromatic hydroxyl groups is 2. The van der Waals surface area contributed by atoms with E-state index in [1.54, 1.807) is 19.4 Å². The van der Waals surface area contributed by atoms with E-state index in [1.807, 2.05) is 13.8 Å². The summed E-state index contributed by atoms with van der Waals surface area (Å²) in [4.78, 5) is 7.60. The molecule has 9 heteroatoms. The van der Waals surface area contributed by atoms with Crippen molar-refractivity contribution < 1.29 is 25.5 Å². The Morgan fingerprint density at radius 2 is 1.23 bits per heavy atom. The van der Waals surface area contributed by atoms with Gasteiger partial charge in [-0.05, 0) is 214 Å². The van der Waals surface area contributed by atoms with Crippen LogP contribution < -0.4 is 31.1 Å². The molecule has 2 atom stereocenters. The van der Waals surface area contributed by atoms with Crippen LogP contribution in [0.5, 0.6) is 11.5 Å². The fourth-order valence-electron chi connectivity index (χ4n) is 14.8. The summed E-state index contributed by atoms with van der Waals surface area (Å²) in [7, 11) is 1.00. The van der Waals surface area contributed by atoms with Gasteiger partial charge in [0, 0.05) is 70.4 Å². The lowest BCUT2D eigenvalue weighted by molar-refractivity contribution is 0.325. The van der Waals surface area contributed by atoms with Gasteiger partial charge >= 0.3 is 0 Å². The Labute approximate surface area is 518 Å². The Morgan fingerprint density at radius 3 is 1.84 bits per heavy atom. The maximum absolute atomic E-state index is 11.9. The van der Waals surface area contributed by atoms with Crippen molar-refractivity contribution >= 4 is 68.6 Å². The van der Waals surface area contributed by atoms with Gasteiger partial charge in [0.15, 0.2) is 5.76 Å². The first-order valence-electron chi connectivity index (χ1n) is 31.3. The highest BCUT2D eigenvalue weighted by Gasteiger charge is 2.46. The van der Waals surface area contributed by atoms with Gasteiger partial charge < -0.3 is 40.2 Å². The van der Waals surface area contributed by atoms with Crippen LogP contribution in [-0.4, -0.2) is 45.9 Å². The van der Waals surface area contributed by atoms with Crippen molar-refractivity contribution in [3.63, 3.8) is 0 Å². The average molecular weight is 1160 g/mol. The number of benzene rings is 7. The number of aliphatic hydroxyl groups is 3. The first-order chi connectivity index (χ1) is 40.9. The summed E-state index contributed by atoms with van der Waals surface area (Å²) in [5, 5.41) is 47.8. The van der Waals surface area contributed by atoms with E-state index in [0.717, 1.165) is 53.3 Å². The van der Waals surface area contributed by atoms with E-state index in [1.165, 1.54) is 109 Å². The number of hydrogen-bond acceptors (Lipinski definition) is 8. The number of phenols is 2. The lowest BCUT2D eigenvalue weighted by Gasteiger charge is -2.46. The van der Waals surface area contributed by atoms with Gasteiger partial charge in [-0.2, -0.15) is 0 Å². The predicted octanol–water partition coefficient (Wildman–Crippen LogP) is 18.0. The van der Waals surface area contributed by atoms with Gasteiger partial charge in [-0.3, -0.25) is 0 Å². The molecule has 0 amide bonds. The molecule has 7 aromatic carbocycles. The molecule has 87 heavy (non-hydrogen) atoms. The van der Waals surface area contributed by atoms with Crippen LogP contribution in [0.3, 0.4) is 0 Å². The molecule has 2 bridgehead atoms. The minimum absolute atomic E-state index is 0.0671. The summed E-state index contributed by atoms with van der Waals surface area (Å²) < 4.78 is 0. The van der Waals surface area contributed by atoms with Crippen molar-refractivity contribution in [2.75, 3.05) is 28.4 Å². The van der Waals surface area contributed by atoms with E-state index in [2.05, 4.69) is 219 Å². The third-order valence-corrected chi connectivity index (χ3v) is 20.0. The van der Waals surface area contributed by atoms with Crippen LogP contribution in [-0.2, 0) is 28.1 Å². The van der Waals surface area contributed by atoms with E-state index in [4.69, 9.17) is 15.3 Å². The van der Waals surface area contributed by atoms with Crippen LogP contribution >= 0.6 is 0 Å². The summed E-state index contributed by atoms with van der Waals surface area (Å²) in [6.45, 7) is 40.6. The second-order valence-electron chi connectivity index (χ2n) is 29.2. The number of anilines is 8. The monoisotopic (exact) mass is 1160 g/mol. The molecule has 1 saturated carbocycles. The van der Waals surface area contributed by atoms with Crippen LogP contribution in [0.1, 0.15) is 172 Å². The van der Waals surface area contributed by atoms with Crippen molar-refractivity contribution in [1.82, 2.24) is 0 Å². The van der Waals surface area contributed by atoms with Crippen LogP contribution in [0.15, 0.2) is 157 Å². The molecule has 0 aromatic heterocycles. The van der Waals surface area contributed by atoms with Gasteiger partial charge in [0.05, 0.1) is 5.69 Å². The molecule has 450 valence electrons. The number of aliphatic hydroxyl groups excluding tert-OH is 3. The zero-order valence-electron chi connectivity index (χ0n) is 54.4. The van der Waals surface area contributed by atoms with Crippen molar-refractivity contribution in [2.24, 2.45) is 5.92 Å². The van der Waals surface area contributed by atoms with Crippen molar-refractivity contribution in [3.8, 4) is 22.6 Å². The minimum atomic E-state index is -0.319. The topological polar surface area (TPSA) is 111 Å². The number of phenolic OH excluding ortho intramolecular Hbond substituents is 2. The van der Waals surface area contributed by atoms with Crippen LogP contribution in [0.4, 0.5) is 45.5 Å². The first kappa shape index (κ1) is 60.8. The molecule has 0 radical (unpaired) electrons. The minimum Gasteiger partial charge on any atom is -0.507 e. The maximum Gasteiger partial charge on any atom is 0.252 e. The van der Waals surface area contributed by atoms with Crippen molar-refractivity contribution in [2.45, 2.75) is 164 Å². The average Bonchev–Trinajstić information content (AvgIpc) is 1.27. The number of hydrogen-bond donors (Lipinski definition) is 5. The largest absolute Gasteiger partial charge is 0.507 e. The summed E-state index contributed by atoms with van der Waals surface area (Å²) >= 11 is 0. The lowest BCUT2D eigenvalue weighted by atomic mass is 9.33. The lowest BCUT2D eigenvalue weighted by Crippen LogP contribution is -2.61. The Balaban J connectivity index is 0.000000596. The summed E-state index contributed by atoms with van der Waals surface area (Å²) in [5.41, 5.74) is 28.7. The highest BCUT2D eigenvalue weighted by Crippen LogP contribution is 2.55. The van der Waals surface area contributed by atoms with Gasteiger partial charge in [-0.1, -0.05) is 161 Å². The third-order valence-electron chi connectivity index (χ3n) is 20.0. The molecule has 3 aliphatic carbocycles. The van der Waals surface area contributed by atoms with E-state index >= 15 is 0 Å². The normalized spacial score (nSPS) is 17.7. The first-order valence-corrected chi connectivity index (χ1v) is 31.3. The predicted molar refractivity (Wildman–Crippen MR) is 367 cm³/mol. The molecule has 6 aliphatic rings. The molecule has 1 fully saturated rings. The molecule has 2 unspecified atom stereocenters. The molecule has 5 N–H and O–H groups in total. The maximum atomic E-state index is 11.9. The number of rotatable bonds is 6. The molecule has 8 nitrogen and oxygen atoms in total. The molecular weight excluding hydrogens is 1070 g/mol. The molecule has 0 saturated heterocycles. The summed E-state index contributed by atoms with van der Waals surface area (Å²) in [6.07, 6.45) is 8.31. The van der Waals surface area contributed by atoms with Crippen LogP contribution in [0.2, 0.25) is 0 Å². The van der Waals surface area contributed by atoms with Gasteiger partial charge in [-0.15, -0.1) is 0 Å². The summed E-state index contributed by atoms with van der Waals surface area (Å²) in [6, 6.07) is 43.5. The highest BCUT2D eigenvalue weighted by molar-refractivity contribution is 7.00. The fraction of sp³-hybridized carbons (Fsp3) is 0.359. The second-order valence-corrected chi connectivity index (χ2v) is 29.2. The molecule has 0 spiro atoms. The van der Waals surface area contributed by atoms with E-state index < -0.39 is 0 Å². The van der Waals surface area contributed by atoms with Gasteiger partial charge in [0.25, 0.3) is 6.71 Å². The second kappa shape index (κ2) is 21.8. The molecule has 3 aliphatic heterocycles. The zero-order valence-corrected chi connectivity index (χ0v) is 54.4. The number of allylic oxidation sites excluding steroid dienone is 4. The molecular formula is C78H90BN3O5. The van der Waals surface area contributed by atoms with Crippen molar-refractivity contribution in [1.29, 1.82) is 0 Å². The smallest absolute Gasteiger partial charge is 0.252 e. The van der Waals surface area contributed by atoms with E-state index in [-0.39, 0.29) is 51.4 Å². The molecule has 7 aromatic rings. The number of nitrogens with zero attached hydrogens (tertiary/aromatic N) is 3. The van der Waals surface area contributed by atoms with Gasteiger partial charge in [-0.25, -0.2) is 0 Å². The Kier molecular flexibility index (Phi) is 15.2. The molecule has 3 heterocycles. The Hall–Kier alpha value is -7.88. The molecule has 13 rings (SSSR count). The van der Waals surface area contributed by atoms with Crippen LogP contribution in [0.25, 0.3) is 11.1 Å². The SMILES string of the molecule is C=C(C)/C(C)=C(/O)C(=C)O.CO.Cc1c(O)c(C)c2c(c1O)N(c1ccc3c(c1)N(c1ccc4c(c1)C(C)(C)c1ccccc1-4)c1cc(C4C=C5CCC(C5)C4)cc4c1B3c1cc(C(C)(C)C)ccc1N4c1cc(C(C)(C)C)cc(C(C)(C)C)c1)CC2.